The average molecular weight is 521 g/mol. The molecule has 0 unspecified atom stereocenters. The summed E-state index contributed by atoms with van der Waals surface area (Å²) in [5, 5.41) is 0.985. The number of carbonyl (C=O) groups is 2. The molecular formula is C27H25FN4O2S2. The number of aromatic nitrogens is 1. The van der Waals surface area contributed by atoms with Crippen molar-refractivity contribution in [1.82, 2.24) is 9.88 Å². The number of benzene rings is 2. The fourth-order valence-corrected chi connectivity index (χ4v) is 5.83. The van der Waals surface area contributed by atoms with E-state index in [0.29, 0.717) is 35.2 Å². The monoisotopic (exact) mass is 520 g/mol. The van der Waals surface area contributed by atoms with Gasteiger partial charge in [0.1, 0.15) is 16.0 Å². The Labute approximate surface area is 218 Å². The van der Waals surface area contributed by atoms with Crippen molar-refractivity contribution >= 4 is 62.9 Å². The highest BCUT2D eigenvalue weighted by atomic mass is 32.2. The van der Waals surface area contributed by atoms with E-state index in [4.69, 9.17) is 22.9 Å². The molecule has 2 amide bonds. The average Bonchev–Trinajstić information content (AvgIpc) is 3.12. The van der Waals surface area contributed by atoms with E-state index in [-0.39, 0.29) is 30.1 Å². The summed E-state index contributed by atoms with van der Waals surface area (Å²) in [7, 11) is 0. The largest absolute Gasteiger partial charge is 0.369 e. The summed E-state index contributed by atoms with van der Waals surface area (Å²) < 4.78 is 13.8. The lowest BCUT2D eigenvalue weighted by atomic mass is 9.96. The van der Waals surface area contributed by atoms with Gasteiger partial charge in [0, 0.05) is 30.0 Å². The van der Waals surface area contributed by atoms with Gasteiger partial charge in [-0.1, -0.05) is 47.7 Å². The first kappa shape index (κ1) is 24.4. The maximum atomic E-state index is 13.3. The van der Waals surface area contributed by atoms with Gasteiger partial charge in [-0.2, -0.15) is 0 Å². The SMILES string of the molecule is Cc1ccc2nc(N3CCC(C(N)=O)CC3)c(/C=C3\SC(=S)N(Cc4ccc(F)cc4)C3=O)cc2c1. The number of nitrogens with zero attached hydrogens (tertiary/aromatic N) is 3. The Kier molecular flexibility index (Phi) is 6.77. The van der Waals surface area contributed by atoms with E-state index in [1.54, 1.807) is 12.1 Å². The molecule has 2 N–H and O–H groups in total. The Bertz CT molecular complexity index is 1400. The van der Waals surface area contributed by atoms with Gasteiger partial charge in [0.15, 0.2) is 0 Å². The van der Waals surface area contributed by atoms with E-state index >= 15 is 0 Å². The second kappa shape index (κ2) is 9.99. The molecule has 0 atom stereocenters. The first-order chi connectivity index (χ1) is 17.3. The maximum Gasteiger partial charge on any atom is 0.266 e. The van der Waals surface area contributed by atoms with E-state index in [9.17, 15) is 14.0 Å². The standard InChI is InChI=1S/C27H25FN4O2S2/c1-16-2-7-22-19(12-16)13-20(25(30-22)31-10-8-18(9-11-31)24(29)33)14-23-26(34)32(27(35)36-23)15-17-3-5-21(28)6-4-17/h2-7,12-14,18H,8-11,15H2,1H3,(H2,29,33)/b23-14-. The Morgan fingerprint density at radius 3 is 2.61 bits per heavy atom. The van der Waals surface area contributed by atoms with Gasteiger partial charge in [0.25, 0.3) is 5.91 Å². The van der Waals surface area contributed by atoms with Crippen LogP contribution < -0.4 is 10.6 Å². The lowest BCUT2D eigenvalue weighted by Crippen LogP contribution is -2.39. The van der Waals surface area contributed by atoms with E-state index in [2.05, 4.69) is 17.0 Å². The highest BCUT2D eigenvalue weighted by molar-refractivity contribution is 8.26. The number of piperidine rings is 1. The molecule has 5 rings (SSSR count). The highest BCUT2D eigenvalue weighted by Crippen LogP contribution is 2.36. The molecule has 3 aromatic rings. The first-order valence-corrected chi connectivity index (χ1v) is 13.0. The summed E-state index contributed by atoms with van der Waals surface area (Å²) in [6, 6.07) is 14.2. The smallest absolute Gasteiger partial charge is 0.266 e. The van der Waals surface area contributed by atoms with Crippen molar-refractivity contribution in [3.63, 3.8) is 0 Å². The van der Waals surface area contributed by atoms with Crippen molar-refractivity contribution in [3.8, 4) is 0 Å². The number of amides is 2. The Hall–Kier alpha value is -3.30. The first-order valence-electron chi connectivity index (χ1n) is 11.7. The van der Waals surface area contributed by atoms with Crippen LogP contribution in [0, 0.1) is 18.7 Å². The second-order valence-corrected chi connectivity index (χ2v) is 10.8. The molecule has 0 saturated carbocycles. The van der Waals surface area contributed by atoms with Crippen molar-refractivity contribution in [1.29, 1.82) is 0 Å². The molecule has 2 fully saturated rings. The van der Waals surface area contributed by atoms with Crippen LogP contribution in [-0.2, 0) is 16.1 Å². The van der Waals surface area contributed by atoms with Crippen LogP contribution in [0.3, 0.4) is 0 Å². The molecule has 9 heteroatoms. The molecule has 0 aliphatic carbocycles. The molecule has 0 bridgehead atoms. The molecule has 2 aliphatic heterocycles. The van der Waals surface area contributed by atoms with Crippen LogP contribution in [0.2, 0.25) is 0 Å². The van der Waals surface area contributed by atoms with E-state index in [1.807, 2.05) is 25.1 Å². The molecule has 1 aromatic heterocycles. The summed E-state index contributed by atoms with van der Waals surface area (Å²) >= 11 is 6.76. The Morgan fingerprint density at radius 1 is 1.19 bits per heavy atom. The predicted molar refractivity (Wildman–Crippen MR) is 146 cm³/mol. The normalized spacial score (nSPS) is 18.0. The zero-order chi connectivity index (χ0) is 25.4. The van der Waals surface area contributed by atoms with Crippen LogP contribution >= 0.6 is 24.0 Å². The third kappa shape index (κ3) is 4.99. The Morgan fingerprint density at radius 2 is 1.92 bits per heavy atom. The third-order valence-electron chi connectivity index (χ3n) is 6.59. The van der Waals surface area contributed by atoms with Gasteiger partial charge < -0.3 is 10.6 Å². The minimum atomic E-state index is -0.324. The number of fused-ring (bicyclic) bond motifs is 1. The number of pyridine rings is 1. The van der Waals surface area contributed by atoms with Crippen molar-refractivity contribution in [2.45, 2.75) is 26.3 Å². The summed E-state index contributed by atoms with van der Waals surface area (Å²) in [6.45, 7) is 3.63. The fourth-order valence-electron chi connectivity index (χ4n) is 4.59. The van der Waals surface area contributed by atoms with Gasteiger partial charge in [-0.25, -0.2) is 9.37 Å². The molecule has 3 heterocycles. The lowest BCUT2D eigenvalue weighted by Gasteiger charge is -2.32. The molecular weight excluding hydrogens is 495 g/mol. The van der Waals surface area contributed by atoms with Gasteiger partial charge in [0.2, 0.25) is 5.91 Å². The van der Waals surface area contributed by atoms with E-state index < -0.39 is 0 Å². The zero-order valence-corrected chi connectivity index (χ0v) is 21.4. The van der Waals surface area contributed by atoms with Gasteiger partial charge in [-0.05, 0) is 61.7 Å². The molecule has 6 nitrogen and oxygen atoms in total. The minimum Gasteiger partial charge on any atom is -0.369 e. The quantitative estimate of drug-likeness (QED) is 0.385. The third-order valence-corrected chi connectivity index (χ3v) is 7.97. The van der Waals surface area contributed by atoms with Crippen molar-refractivity contribution in [2.24, 2.45) is 11.7 Å². The maximum absolute atomic E-state index is 13.3. The van der Waals surface area contributed by atoms with Crippen molar-refractivity contribution in [2.75, 3.05) is 18.0 Å². The number of nitrogens with two attached hydrogens (primary N) is 1. The molecule has 2 aliphatic rings. The van der Waals surface area contributed by atoms with Crippen LogP contribution in [0.1, 0.15) is 29.5 Å². The molecule has 184 valence electrons. The molecule has 0 spiro atoms. The number of rotatable bonds is 5. The number of primary amides is 1. The van der Waals surface area contributed by atoms with Crippen LogP contribution in [0.25, 0.3) is 17.0 Å². The van der Waals surface area contributed by atoms with Gasteiger partial charge >= 0.3 is 0 Å². The van der Waals surface area contributed by atoms with Gasteiger partial charge in [0.05, 0.1) is 17.0 Å². The minimum absolute atomic E-state index is 0.129. The molecule has 2 aromatic carbocycles. The number of carbonyl (C=O) groups excluding carboxylic acids is 2. The number of hydrogen-bond acceptors (Lipinski definition) is 6. The van der Waals surface area contributed by atoms with E-state index in [1.165, 1.54) is 28.8 Å². The highest BCUT2D eigenvalue weighted by Gasteiger charge is 2.33. The fraction of sp³-hybridized carbons (Fsp3) is 0.259. The molecule has 2 saturated heterocycles. The summed E-state index contributed by atoms with van der Waals surface area (Å²) in [4.78, 5) is 34.1. The topological polar surface area (TPSA) is 79.5 Å². The van der Waals surface area contributed by atoms with Crippen LogP contribution in [0.5, 0.6) is 0 Å². The van der Waals surface area contributed by atoms with Crippen LogP contribution in [0.4, 0.5) is 10.2 Å². The second-order valence-electron chi connectivity index (χ2n) is 9.16. The number of thiocarbonyl (C=S) groups is 1. The lowest BCUT2D eigenvalue weighted by molar-refractivity contribution is -0.123. The Balaban J connectivity index is 1.48. The van der Waals surface area contributed by atoms with Crippen LogP contribution in [0.15, 0.2) is 53.4 Å². The zero-order valence-electron chi connectivity index (χ0n) is 19.7. The van der Waals surface area contributed by atoms with Gasteiger partial charge in [-0.3, -0.25) is 14.5 Å². The van der Waals surface area contributed by atoms with Gasteiger partial charge in [-0.15, -0.1) is 0 Å². The van der Waals surface area contributed by atoms with Crippen molar-refractivity contribution in [3.05, 3.63) is 75.9 Å². The van der Waals surface area contributed by atoms with Crippen LogP contribution in [-0.4, -0.2) is 39.1 Å². The molecule has 0 radical (unpaired) electrons. The molecule has 36 heavy (non-hydrogen) atoms. The van der Waals surface area contributed by atoms with E-state index in [0.717, 1.165) is 33.4 Å². The summed E-state index contributed by atoms with van der Waals surface area (Å²) in [5.41, 5.74) is 9.14. The number of halogens is 1. The number of hydrogen-bond donors (Lipinski definition) is 1. The number of aryl methyl sites for hydroxylation is 1. The summed E-state index contributed by atoms with van der Waals surface area (Å²) in [6.07, 6.45) is 3.19. The van der Waals surface area contributed by atoms with Crippen molar-refractivity contribution < 1.29 is 14.0 Å². The number of anilines is 1. The predicted octanol–water partition coefficient (Wildman–Crippen LogP) is 4.79. The number of thioether (sulfide) groups is 1. The summed E-state index contributed by atoms with van der Waals surface area (Å²) in [5.74, 6) is -0.122.